The lowest BCUT2D eigenvalue weighted by molar-refractivity contribution is -0.143. The van der Waals surface area contributed by atoms with Gasteiger partial charge in [-0.15, -0.1) is 0 Å². The van der Waals surface area contributed by atoms with E-state index in [0.29, 0.717) is 9.13 Å². The van der Waals surface area contributed by atoms with Gasteiger partial charge in [0.2, 0.25) is 0 Å². The molecule has 136 valence electrons. The molecule has 25 heavy (non-hydrogen) atoms. The minimum atomic E-state index is -0.798. The van der Waals surface area contributed by atoms with Crippen molar-refractivity contribution in [2.75, 3.05) is 7.11 Å². The molecule has 0 saturated carbocycles. The number of esters is 3. The number of ether oxygens (including phenoxy) is 4. The Morgan fingerprint density at radius 2 is 1.64 bits per heavy atom. The van der Waals surface area contributed by atoms with Crippen molar-refractivity contribution in [1.82, 2.24) is 0 Å². The SMILES string of the molecule is C=C(C)C(=O)OC(C)c1c(OC)cc(OC(C)=O)c(I)c1OC(C)=O. The monoisotopic (exact) mass is 462 g/mol. The molecule has 0 aliphatic carbocycles. The minimum Gasteiger partial charge on any atom is -0.496 e. The van der Waals surface area contributed by atoms with Gasteiger partial charge in [-0.25, -0.2) is 4.79 Å². The van der Waals surface area contributed by atoms with Gasteiger partial charge in [0, 0.05) is 25.5 Å². The highest BCUT2D eigenvalue weighted by molar-refractivity contribution is 14.1. The van der Waals surface area contributed by atoms with Crippen molar-refractivity contribution in [1.29, 1.82) is 0 Å². The van der Waals surface area contributed by atoms with E-state index in [-0.39, 0.29) is 22.8 Å². The van der Waals surface area contributed by atoms with Crippen molar-refractivity contribution < 1.29 is 33.3 Å². The van der Waals surface area contributed by atoms with Gasteiger partial charge >= 0.3 is 17.9 Å². The van der Waals surface area contributed by atoms with Crippen LogP contribution in [0.2, 0.25) is 0 Å². The highest BCUT2D eigenvalue weighted by Crippen LogP contribution is 2.44. The Morgan fingerprint density at radius 3 is 2.08 bits per heavy atom. The summed E-state index contributed by atoms with van der Waals surface area (Å²) in [6.07, 6.45) is -0.798. The van der Waals surface area contributed by atoms with Gasteiger partial charge in [0.05, 0.1) is 16.2 Å². The molecule has 1 rings (SSSR count). The van der Waals surface area contributed by atoms with Crippen LogP contribution in [0.15, 0.2) is 18.2 Å². The molecular formula is C17H19IO7. The molecule has 0 spiro atoms. The van der Waals surface area contributed by atoms with Crippen LogP contribution in [0.4, 0.5) is 0 Å². The van der Waals surface area contributed by atoms with Crippen LogP contribution in [-0.4, -0.2) is 25.0 Å². The molecule has 1 atom stereocenters. The van der Waals surface area contributed by atoms with Gasteiger partial charge in [0.1, 0.15) is 11.9 Å². The summed E-state index contributed by atoms with van der Waals surface area (Å²) in [7, 11) is 1.40. The Hall–Kier alpha value is -2.10. The van der Waals surface area contributed by atoms with Gasteiger partial charge in [-0.05, 0) is 36.4 Å². The minimum absolute atomic E-state index is 0.103. The zero-order chi connectivity index (χ0) is 19.3. The van der Waals surface area contributed by atoms with Crippen molar-refractivity contribution in [3.63, 3.8) is 0 Å². The number of carbonyl (C=O) groups is 3. The second-order valence-electron chi connectivity index (χ2n) is 5.15. The van der Waals surface area contributed by atoms with Gasteiger partial charge in [0.25, 0.3) is 0 Å². The molecule has 0 heterocycles. The maximum absolute atomic E-state index is 11.8. The van der Waals surface area contributed by atoms with Crippen molar-refractivity contribution in [2.45, 2.75) is 33.8 Å². The number of rotatable bonds is 6. The zero-order valence-electron chi connectivity index (χ0n) is 14.6. The predicted molar refractivity (Wildman–Crippen MR) is 97.7 cm³/mol. The van der Waals surface area contributed by atoms with Crippen molar-refractivity contribution in [3.05, 3.63) is 27.4 Å². The molecule has 1 aromatic carbocycles. The summed E-state index contributed by atoms with van der Waals surface area (Å²) in [5.41, 5.74) is 0.568. The number of methoxy groups -OCH3 is 1. The van der Waals surface area contributed by atoms with Crippen molar-refractivity contribution in [2.24, 2.45) is 0 Å². The molecule has 0 bridgehead atoms. The van der Waals surface area contributed by atoms with Gasteiger partial charge in [0.15, 0.2) is 11.5 Å². The maximum atomic E-state index is 11.8. The first kappa shape index (κ1) is 20.9. The lowest BCUT2D eigenvalue weighted by atomic mass is 10.1. The normalized spacial score (nSPS) is 11.3. The molecule has 0 fully saturated rings. The lowest BCUT2D eigenvalue weighted by Gasteiger charge is -2.22. The third-order valence-electron chi connectivity index (χ3n) is 2.95. The van der Waals surface area contributed by atoms with E-state index in [0.717, 1.165) is 0 Å². The smallest absolute Gasteiger partial charge is 0.333 e. The van der Waals surface area contributed by atoms with E-state index in [4.69, 9.17) is 18.9 Å². The second-order valence-corrected chi connectivity index (χ2v) is 6.23. The summed E-state index contributed by atoms with van der Waals surface area (Å²) in [5, 5.41) is 0. The number of carbonyl (C=O) groups excluding carboxylic acids is 3. The molecule has 1 unspecified atom stereocenters. The van der Waals surface area contributed by atoms with Crippen molar-refractivity contribution in [3.8, 4) is 17.2 Å². The van der Waals surface area contributed by atoms with Crippen LogP contribution in [0, 0.1) is 3.57 Å². The van der Waals surface area contributed by atoms with Crippen LogP contribution < -0.4 is 14.2 Å². The van der Waals surface area contributed by atoms with Crippen LogP contribution >= 0.6 is 22.6 Å². The fraction of sp³-hybridized carbons (Fsp3) is 0.353. The Balaban J connectivity index is 3.53. The number of benzene rings is 1. The summed E-state index contributed by atoms with van der Waals surface area (Å²) >= 11 is 1.88. The first-order chi connectivity index (χ1) is 11.6. The summed E-state index contributed by atoms with van der Waals surface area (Å²) in [5.74, 6) is -1.20. The Labute approximate surface area is 159 Å². The van der Waals surface area contributed by atoms with Crippen LogP contribution in [0.3, 0.4) is 0 Å². The summed E-state index contributed by atoms with van der Waals surface area (Å²) in [6.45, 7) is 9.14. The quantitative estimate of drug-likeness (QED) is 0.277. The van der Waals surface area contributed by atoms with Crippen LogP contribution in [-0.2, 0) is 19.1 Å². The molecule has 0 amide bonds. The lowest BCUT2D eigenvalue weighted by Crippen LogP contribution is -2.15. The molecule has 0 radical (unpaired) electrons. The maximum Gasteiger partial charge on any atom is 0.333 e. The summed E-state index contributed by atoms with van der Waals surface area (Å²) in [6, 6.07) is 1.47. The standard InChI is InChI=1S/C17H19IO7/c1-8(2)17(21)23-9(3)14-12(22-6)7-13(24-10(4)19)15(18)16(14)25-11(5)20/h7,9H,1H2,2-6H3. The van der Waals surface area contributed by atoms with E-state index in [2.05, 4.69) is 6.58 Å². The molecule has 0 saturated heterocycles. The first-order valence-electron chi connectivity index (χ1n) is 7.22. The average molecular weight is 462 g/mol. The van der Waals surface area contributed by atoms with E-state index in [1.54, 1.807) is 6.92 Å². The van der Waals surface area contributed by atoms with Gasteiger partial charge < -0.3 is 18.9 Å². The van der Waals surface area contributed by atoms with Gasteiger partial charge in [-0.2, -0.15) is 0 Å². The summed E-state index contributed by atoms with van der Waals surface area (Å²) < 4.78 is 21.4. The average Bonchev–Trinajstić information content (AvgIpc) is 2.49. The summed E-state index contributed by atoms with van der Waals surface area (Å²) in [4.78, 5) is 34.6. The third-order valence-corrected chi connectivity index (χ3v) is 3.97. The second kappa shape index (κ2) is 8.84. The highest BCUT2D eigenvalue weighted by atomic mass is 127. The molecule has 0 aromatic heterocycles. The first-order valence-corrected chi connectivity index (χ1v) is 8.30. The number of hydrogen-bond acceptors (Lipinski definition) is 7. The Morgan fingerprint density at radius 1 is 1.08 bits per heavy atom. The molecule has 1 aromatic rings. The molecule has 0 aliphatic heterocycles. The van der Waals surface area contributed by atoms with E-state index < -0.39 is 24.0 Å². The fourth-order valence-electron chi connectivity index (χ4n) is 1.95. The topological polar surface area (TPSA) is 88.1 Å². The van der Waals surface area contributed by atoms with E-state index in [1.807, 2.05) is 22.6 Å². The van der Waals surface area contributed by atoms with Gasteiger partial charge in [-0.3, -0.25) is 9.59 Å². The number of hydrogen-bond donors (Lipinski definition) is 0. The molecule has 0 N–H and O–H groups in total. The Kier molecular flexibility index (Phi) is 7.40. The predicted octanol–water partition coefficient (Wildman–Crippen LogP) is 3.33. The highest BCUT2D eigenvalue weighted by Gasteiger charge is 2.27. The van der Waals surface area contributed by atoms with Crippen LogP contribution in [0.25, 0.3) is 0 Å². The van der Waals surface area contributed by atoms with Gasteiger partial charge in [-0.1, -0.05) is 6.58 Å². The fourth-order valence-corrected chi connectivity index (χ4v) is 2.62. The van der Waals surface area contributed by atoms with Crippen LogP contribution in [0.1, 0.15) is 39.4 Å². The molecule has 7 nitrogen and oxygen atoms in total. The molecule has 8 heteroatoms. The largest absolute Gasteiger partial charge is 0.496 e. The molecular weight excluding hydrogens is 443 g/mol. The van der Waals surface area contributed by atoms with Crippen molar-refractivity contribution >= 4 is 40.5 Å². The van der Waals surface area contributed by atoms with Crippen LogP contribution in [0.5, 0.6) is 17.2 Å². The third kappa shape index (κ3) is 5.45. The number of halogens is 1. The van der Waals surface area contributed by atoms with E-state index >= 15 is 0 Å². The molecule has 0 aliphatic rings. The van der Waals surface area contributed by atoms with E-state index in [1.165, 1.54) is 33.9 Å². The Bertz CT molecular complexity index is 724. The van der Waals surface area contributed by atoms with E-state index in [9.17, 15) is 14.4 Å². The zero-order valence-corrected chi connectivity index (χ0v) is 16.8.